The molecule has 2 heterocycles. The molecule has 22 heavy (non-hydrogen) atoms. The summed E-state index contributed by atoms with van der Waals surface area (Å²) in [4.78, 5) is 15.7. The zero-order valence-corrected chi connectivity index (χ0v) is 11.8. The molecule has 0 amide bonds. The average Bonchev–Trinajstić information content (AvgIpc) is 3.12. The molecule has 0 unspecified atom stereocenters. The smallest absolute Gasteiger partial charge is 0.251 e. The van der Waals surface area contributed by atoms with Crippen LogP contribution in [0.2, 0.25) is 0 Å². The number of aromatic nitrogens is 3. The molecule has 0 bridgehead atoms. The number of carbonyl (C=O) groups excluding carboxylic acids is 1. The van der Waals surface area contributed by atoms with Gasteiger partial charge in [-0.15, -0.1) is 5.10 Å². The molecular formula is C17H14N4O. The van der Waals surface area contributed by atoms with Crippen molar-refractivity contribution in [2.75, 3.05) is 5.73 Å². The molecule has 0 radical (unpaired) electrons. The van der Waals surface area contributed by atoms with Gasteiger partial charge in [-0.25, -0.2) is 0 Å². The lowest BCUT2D eigenvalue weighted by molar-refractivity contribution is 0.0904. The molecule has 5 heteroatoms. The van der Waals surface area contributed by atoms with Crippen molar-refractivity contribution in [2.45, 2.75) is 6.42 Å². The van der Waals surface area contributed by atoms with Crippen LogP contribution in [0.5, 0.6) is 0 Å². The third-order valence-corrected chi connectivity index (χ3v) is 3.83. The Hall–Kier alpha value is -3.08. The van der Waals surface area contributed by atoms with Crippen LogP contribution in [0.25, 0.3) is 21.8 Å². The van der Waals surface area contributed by atoms with E-state index in [4.69, 9.17) is 5.73 Å². The van der Waals surface area contributed by atoms with Crippen molar-refractivity contribution >= 4 is 33.5 Å². The average molecular weight is 290 g/mol. The SMILES string of the molecule is Nc1nn(C(=O)Cc2ccc3[nH]ccc3c2)c2ccccc12. The molecular weight excluding hydrogens is 276 g/mol. The van der Waals surface area contributed by atoms with Crippen LogP contribution in [0.3, 0.4) is 0 Å². The maximum atomic E-state index is 12.6. The number of H-pyrrole nitrogens is 1. The summed E-state index contributed by atoms with van der Waals surface area (Å²) in [6, 6.07) is 15.4. The number of anilines is 1. The first kappa shape index (κ1) is 12.6. The van der Waals surface area contributed by atoms with Gasteiger partial charge in [0.2, 0.25) is 0 Å². The second-order valence-electron chi connectivity index (χ2n) is 5.28. The molecule has 4 aromatic rings. The molecule has 0 aliphatic rings. The van der Waals surface area contributed by atoms with Crippen LogP contribution in [0.4, 0.5) is 5.82 Å². The number of benzene rings is 2. The Bertz CT molecular complexity index is 996. The molecule has 0 saturated carbocycles. The lowest BCUT2D eigenvalue weighted by Crippen LogP contribution is -2.15. The summed E-state index contributed by atoms with van der Waals surface area (Å²) in [5, 5.41) is 6.07. The highest BCUT2D eigenvalue weighted by Gasteiger charge is 2.14. The Morgan fingerprint density at radius 1 is 1.18 bits per heavy atom. The van der Waals surface area contributed by atoms with Gasteiger partial charge in [0.05, 0.1) is 11.9 Å². The Labute approximate surface area is 126 Å². The summed E-state index contributed by atoms with van der Waals surface area (Å²) < 4.78 is 1.39. The van der Waals surface area contributed by atoms with Crippen molar-refractivity contribution in [1.29, 1.82) is 0 Å². The van der Waals surface area contributed by atoms with Crippen molar-refractivity contribution in [3.05, 3.63) is 60.3 Å². The molecule has 0 spiro atoms. The highest BCUT2D eigenvalue weighted by atomic mass is 16.2. The topological polar surface area (TPSA) is 76.7 Å². The van der Waals surface area contributed by atoms with Crippen molar-refractivity contribution in [3.8, 4) is 0 Å². The predicted octanol–water partition coefficient (Wildman–Crippen LogP) is 2.98. The minimum Gasteiger partial charge on any atom is -0.382 e. The van der Waals surface area contributed by atoms with Gasteiger partial charge < -0.3 is 10.7 Å². The first-order chi connectivity index (χ1) is 10.7. The summed E-state index contributed by atoms with van der Waals surface area (Å²) in [6.07, 6.45) is 2.17. The van der Waals surface area contributed by atoms with Crippen molar-refractivity contribution in [2.24, 2.45) is 0 Å². The number of hydrogen-bond donors (Lipinski definition) is 2. The van der Waals surface area contributed by atoms with Crippen LogP contribution >= 0.6 is 0 Å². The van der Waals surface area contributed by atoms with Crippen LogP contribution in [-0.4, -0.2) is 20.7 Å². The van der Waals surface area contributed by atoms with Gasteiger partial charge in [0, 0.05) is 17.1 Å². The van der Waals surface area contributed by atoms with Gasteiger partial charge >= 0.3 is 0 Å². The number of nitrogens with two attached hydrogens (primary N) is 1. The maximum absolute atomic E-state index is 12.6. The first-order valence-corrected chi connectivity index (χ1v) is 7.05. The Morgan fingerprint density at radius 2 is 2.05 bits per heavy atom. The minimum absolute atomic E-state index is 0.0946. The van der Waals surface area contributed by atoms with E-state index in [9.17, 15) is 4.79 Å². The molecule has 5 nitrogen and oxygen atoms in total. The van der Waals surface area contributed by atoms with Gasteiger partial charge in [-0.1, -0.05) is 18.2 Å². The van der Waals surface area contributed by atoms with E-state index in [1.54, 1.807) is 0 Å². The Morgan fingerprint density at radius 3 is 2.95 bits per heavy atom. The molecule has 108 valence electrons. The third-order valence-electron chi connectivity index (χ3n) is 3.83. The van der Waals surface area contributed by atoms with E-state index >= 15 is 0 Å². The van der Waals surface area contributed by atoms with Crippen LogP contribution in [0.15, 0.2) is 54.7 Å². The molecule has 3 N–H and O–H groups in total. The number of hydrogen-bond acceptors (Lipinski definition) is 3. The summed E-state index contributed by atoms with van der Waals surface area (Å²) in [7, 11) is 0. The van der Waals surface area contributed by atoms with Crippen LogP contribution in [-0.2, 0) is 6.42 Å². The number of nitrogen functional groups attached to an aromatic ring is 1. The molecule has 0 aliphatic heterocycles. The summed E-state index contributed by atoms with van der Waals surface area (Å²) in [6.45, 7) is 0. The van der Waals surface area contributed by atoms with E-state index in [0.29, 0.717) is 5.82 Å². The van der Waals surface area contributed by atoms with Gasteiger partial charge in [-0.3, -0.25) is 4.79 Å². The van der Waals surface area contributed by atoms with E-state index in [1.165, 1.54) is 4.68 Å². The minimum atomic E-state index is -0.0946. The fourth-order valence-corrected chi connectivity index (χ4v) is 2.74. The first-order valence-electron chi connectivity index (χ1n) is 7.05. The monoisotopic (exact) mass is 290 g/mol. The second-order valence-corrected chi connectivity index (χ2v) is 5.28. The van der Waals surface area contributed by atoms with Gasteiger partial charge in [0.1, 0.15) is 0 Å². The molecule has 0 fully saturated rings. The zero-order valence-electron chi connectivity index (χ0n) is 11.8. The molecule has 0 atom stereocenters. The summed E-state index contributed by atoms with van der Waals surface area (Å²) in [5.74, 6) is 0.285. The zero-order chi connectivity index (χ0) is 15.1. The maximum Gasteiger partial charge on any atom is 0.251 e. The number of carbonyl (C=O) groups is 1. The second kappa shape index (κ2) is 4.73. The van der Waals surface area contributed by atoms with Crippen LogP contribution < -0.4 is 5.73 Å². The number of aromatic amines is 1. The molecule has 2 aromatic heterocycles. The highest BCUT2D eigenvalue weighted by Crippen LogP contribution is 2.21. The van der Waals surface area contributed by atoms with Crippen molar-refractivity contribution in [1.82, 2.24) is 14.8 Å². The van der Waals surface area contributed by atoms with E-state index in [-0.39, 0.29) is 12.3 Å². The molecule has 4 rings (SSSR count). The van der Waals surface area contributed by atoms with Crippen molar-refractivity contribution < 1.29 is 4.79 Å². The van der Waals surface area contributed by atoms with Crippen molar-refractivity contribution in [3.63, 3.8) is 0 Å². The van der Waals surface area contributed by atoms with E-state index in [2.05, 4.69) is 10.1 Å². The van der Waals surface area contributed by atoms with Gasteiger partial charge in [-0.2, -0.15) is 4.68 Å². The fourth-order valence-electron chi connectivity index (χ4n) is 2.74. The molecule has 0 saturated heterocycles. The lowest BCUT2D eigenvalue weighted by atomic mass is 10.1. The number of nitrogens with one attached hydrogen (secondary N) is 1. The number of nitrogens with zero attached hydrogens (tertiary/aromatic N) is 2. The van der Waals surface area contributed by atoms with E-state index in [1.807, 2.05) is 54.7 Å². The number of para-hydroxylation sites is 1. The van der Waals surface area contributed by atoms with Gasteiger partial charge in [0.25, 0.3) is 5.91 Å². The van der Waals surface area contributed by atoms with Crippen LogP contribution in [0.1, 0.15) is 10.4 Å². The quantitative estimate of drug-likeness (QED) is 0.596. The summed E-state index contributed by atoms with van der Waals surface area (Å²) in [5.41, 5.74) is 8.64. The number of rotatable bonds is 2. The van der Waals surface area contributed by atoms with E-state index < -0.39 is 0 Å². The number of fused-ring (bicyclic) bond motifs is 2. The Balaban J connectivity index is 1.71. The largest absolute Gasteiger partial charge is 0.382 e. The third kappa shape index (κ3) is 1.95. The Kier molecular flexibility index (Phi) is 2.72. The fraction of sp³-hybridized carbons (Fsp3) is 0.0588. The van der Waals surface area contributed by atoms with Gasteiger partial charge in [-0.05, 0) is 41.3 Å². The highest BCUT2D eigenvalue weighted by molar-refractivity contribution is 5.97. The van der Waals surface area contributed by atoms with Crippen LogP contribution in [0, 0.1) is 0 Å². The molecule has 2 aromatic carbocycles. The molecule has 0 aliphatic carbocycles. The summed E-state index contributed by atoms with van der Waals surface area (Å²) >= 11 is 0. The standard InChI is InChI=1S/C17H14N4O/c18-17-13-3-1-2-4-15(13)21(20-17)16(22)10-11-5-6-14-12(9-11)7-8-19-14/h1-9,19H,10H2,(H2,18,20). The predicted molar refractivity (Wildman–Crippen MR) is 86.8 cm³/mol. The van der Waals surface area contributed by atoms with E-state index in [0.717, 1.165) is 27.4 Å². The van der Waals surface area contributed by atoms with Gasteiger partial charge in [0.15, 0.2) is 5.82 Å². The lowest BCUT2D eigenvalue weighted by Gasteiger charge is -2.03. The normalized spacial score (nSPS) is 11.3.